The van der Waals surface area contributed by atoms with Gasteiger partial charge in [-0.1, -0.05) is 0 Å². The highest BCUT2D eigenvalue weighted by atomic mass is 32.2. The molecule has 0 aliphatic carbocycles. The van der Waals surface area contributed by atoms with E-state index in [0.29, 0.717) is 12.4 Å². The molecule has 0 unspecified atom stereocenters. The number of benzene rings is 1. The molecule has 2 N–H and O–H groups in total. The average molecular weight is 292 g/mol. The lowest BCUT2D eigenvalue weighted by Crippen LogP contribution is -2.09. The average Bonchev–Trinajstić information content (AvgIpc) is 2.39. The summed E-state index contributed by atoms with van der Waals surface area (Å²) in [7, 11) is 0. The van der Waals surface area contributed by atoms with Crippen LogP contribution in [-0.2, 0) is 4.79 Å². The van der Waals surface area contributed by atoms with Gasteiger partial charge in [-0.15, -0.1) is 11.8 Å². The Morgan fingerprint density at radius 3 is 2.90 bits per heavy atom. The number of aromatic nitrogens is 1. The van der Waals surface area contributed by atoms with Gasteiger partial charge in [-0.05, 0) is 19.1 Å². The third-order valence-electron chi connectivity index (χ3n) is 2.82. The van der Waals surface area contributed by atoms with E-state index in [2.05, 4.69) is 4.98 Å². The van der Waals surface area contributed by atoms with Gasteiger partial charge < -0.3 is 9.84 Å². The lowest BCUT2D eigenvalue weighted by Gasteiger charge is -2.06. The van der Waals surface area contributed by atoms with Crippen molar-refractivity contribution in [2.24, 2.45) is 0 Å². The Labute approximate surface area is 122 Å². The van der Waals surface area contributed by atoms with Crippen molar-refractivity contribution in [3.05, 3.63) is 30.0 Å². The number of hydrogen-bond donors (Lipinski definition) is 1. The highest BCUT2D eigenvalue weighted by Crippen LogP contribution is 2.29. The van der Waals surface area contributed by atoms with Gasteiger partial charge in [-0.25, -0.2) is 4.98 Å². The van der Waals surface area contributed by atoms with Crippen LogP contribution in [-0.4, -0.2) is 23.4 Å². The number of aryl methyl sites for hydroxylation is 1. The number of nitrogens with one attached hydrogen (secondary N) is 1. The van der Waals surface area contributed by atoms with Gasteiger partial charge in [0.05, 0.1) is 18.4 Å². The minimum Gasteiger partial charge on any atom is -0.494 e. The molecular weight excluding hydrogens is 274 g/mol. The fraction of sp³-hybridized carbons (Fsp3) is 0.333. The summed E-state index contributed by atoms with van der Waals surface area (Å²) < 4.78 is 5.52. The van der Waals surface area contributed by atoms with Crippen molar-refractivity contribution in [3.63, 3.8) is 0 Å². The van der Waals surface area contributed by atoms with Crippen LogP contribution in [0, 0.1) is 6.92 Å². The van der Waals surface area contributed by atoms with Crippen LogP contribution in [0.1, 0.15) is 19.0 Å². The van der Waals surface area contributed by atoms with Gasteiger partial charge in [0.1, 0.15) is 5.75 Å². The first-order valence-corrected chi connectivity index (χ1v) is 7.52. The Kier molecular flexibility index (Phi) is 4.84. The number of fused-ring (bicyclic) bond motifs is 1. The summed E-state index contributed by atoms with van der Waals surface area (Å²) in [6.07, 6.45) is 0.162. The third kappa shape index (κ3) is 3.63. The fourth-order valence-corrected chi connectivity index (χ4v) is 3.06. The smallest absolute Gasteiger partial charge is 0.304 e. The molecule has 0 aliphatic rings. The predicted octanol–water partition coefficient (Wildman–Crippen LogP) is 2.93. The molecule has 0 atom stereocenters. The first-order chi connectivity index (χ1) is 9.60. The number of carboxylic acid groups (broad SMARTS) is 1. The van der Waals surface area contributed by atoms with E-state index < -0.39 is 5.97 Å². The van der Waals surface area contributed by atoms with Crippen molar-refractivity contribution in [3.8, 4) is 5.75 Å². The topological polar surface area (TPSA) is 60.7 Å². The monoisotopic (exact) mass is 292 g/mol. The van der Waals surface area contributed by atoms with E-state index in [4.69, 9.17) is 9.84 Å². The molecule has 1 aromatic heterocycles. The Balaban J connectivity index is 2.34. The number of aromatic amines is 1. The van der Waals surface area contributed by atoms with E-state index in [-0.39, 0.29) is 6.42 Å². The van der Waals surface area contributed by atoms with E-state index in [0.717, 1.165) is 27.2 Å². The highest BCUT2D eigenvalue weighted by molar-refractivity contribution is 7.99. The van der Waals surface area contributed by atoms with Crippen LogP contribution < -0.4 is 9.72 Å². The zero-order chi connectivity index (χ0) is 14.5. The molecule has 4 nitrogen and oxygen atoms in total. The van der Waals surface area contributed by atoms with Crippen LogP contribution >= 0.6 is 11.8 Å². The van der Waals surface area contributed by atoms with Crippen molar-refractivity contribution in [2.45, 2.75) is 25.2 Å². The van der Waals surface area contributed by atoms with Gasteiger partial charge in [-0.3, -0.25) is 4.79 Å². The molecule has 1 heterocycles. The summed E-state index contributed by atoms with van der Waals surface area (Å²) in [5.74, 6) is 0.626. The first-order valence-electron chi connectivity index (χ1n) is 6.54. The minimum atomic E-state index is -0.768. The number of carboxylic acids is 1. The summed E-state index contributed by atoms with van der Waals surface area (Å²) in [6, 6.07) is 7.98. The van der Waals surface area contributed by atoms with Gasteiger partial charge in [0.25, 0.3) is 0 Å². The van der Waals surface area contributed by atoms with Gasteiger partial charge in [0.2, 0.25) is 5.52 Å². The normalized spacial score (nSPS) is 10.7. The molecule has 2 aromatic rings. The largest absolute Gasteiger partial charge is 0.494 e. The second-order valence-corrected chi connectivity index (χ2v) is 5.59. The quantitative estimate of drug-likeness (QED) is 0.832. The molecule has 5 heteroatoms. The van der Waals surface area contributed by atoms with Crippen molar-refractivity contribution in [2.75, 3.05) is 12.4 Å². The summed E-state index contributed by atoms with van der Waals surface area (Å²) >= 11 is 1.56. The lowest BCUT2D eigenvalue weighted by atomic mass is 10.2. The maximum Gasteiger partial charge on any atom is 0.304 e. The second kappa shape index (κ2) is 6.61. The zero-order valence-corrected chi connectivity index (χ0v) is 12.4. The van der Waals surface area contributed by atoms with Gasteiger partial charge in [0, 0.05) is 29.7 Å². The number of ether oxygens (including phenoxy) is 1. The standard InChI is InChI=1S/C15H17NO3S/c1-3-19-11-4-5-13-12(9-11)14(8-10(2)16-13)20-7-6-15(17)18/h4-5,8-9H,3,6-7H2,1-2H3,(H,17,18)/p+1. The number of rotatable bonds is 6. The van der Waals surface area contributed by atoms with Crippen LogP contribution in [0.25, 0.3) is 10.9 Å². The summed E-state index contributed by atoms with van der Waals surface area (Å²) in [5.41, 5.74) is 2.09. The number of pyridine rings is 1. The van der Waals surface area contributed by atoms with E-state index in [1.54, 1.807) is 11.8 Å². The van der Waals surface area contributed by atoms with Crippen molar-refractivity contribution < 1.29 is 19.6 Å². The van der Waals surface area contributed by atoms with Crippen molar-refractivity contribution >= 4 is 28.6 Å². The molecule has 106 valence electrons. The Morgan fingerprint density at radius 2 is 2.20 bits per heavy atom. The Bertz CT molecular complexity index is 628. The zero-order valence-electron chi connectivity index (χ0n) is 11.6. The molecule has 0 amide bonds. The molecule has 0 radical (unpaired) electrons. The molecule has 0 bridgehead atoms. The molecule has 2 rings (SSSR count). The van der Waals surface area contributed by atoms with Crippen LogP contribution in [0.5, 0.6) is 5.75 Å². The predicted molar refractivity (Wildman–Crippen MR) is 79.4 cm³/mol. The number of thioether (sulfide) groups is 1. The molecule has 0 fully saturated rings. The molecule has 0 saturated heterocycles. The van der Waals surface area contributed by atoms with E-state index in [9.17, 15) is 4.79 Å². The van der Waals surface area contributed by atoms with E-state index >= 15 is 0 Å². The second-order valence-electron chi connectivity index (χ2n) is 4.45. The summed E-state index contributed by atoms with van der Waals surface area (Å²) in [5, 5.41) is 9.80. The van der Waals surface area contributed by atoms with Gasteiger partial charge in [-0.2, -0.15) is 0 Å². The van der Waals surface area contributed by atoms with Gasteiger partial charge >= 0.3 is 5.97 Å². The van der Waals surface area contributed by atoms with Crippen molar-refractivity contribution in [1.29, 1.82) is 0 Å². The number of H-pyrrole nitrogens is 1. The van der Waals surface area contributed by atoms with Crippen LogP contribution in [0.3, 0.4) is 0 Å². The van der Waals surface area contributed by atoms with Crippen LogP contribution in [0.15, 0.2) is 29.2 Å². The first kappa shape index (κ1) is 14.7. The lowest BCUT2D eigenvalue weighted by molar-refractivity contribution is -0.355. The number of aliphatic carboxylic acids is 1. The third-order valence-corrected chi connectivity index (χ3v) is 3.88. The molecule has 0 aliphatic heterocycles. The summed E-state index contributed by atoms with van der Waals surface area (Å²) in [4.78, 5) is 15.0. The minimum absolute atomic E-state index is 0.162. The maximum atomic E-state index is 10.6. The SMILES string of the molecule is CCOc1ccc2[nH+]c(C)cc(SCCC(=O)O)c2c1. The van der Waals surface area contributed by atoms with E-state index in [1.807, 2.05) is 38.1 Å². The molecule has 20 heavy (non-hydrogen) atoms. The molecular formula is C15H18NO3S+. The number of hydrogen-bond acceptors (Lipinski definition) is 3. The van der Waals surface area contributed by atoms with Gasteiger partial charge in [0.15, 0.2) is 5.69 Å². The maximum absolute atomic E-state index is 10.6. The molecule has 0 saturated carbocycles. The molecule has 1 aromatic carbocycles. The van der Waals surface area contributed by atoms with Crippen LogP contribution in [0.2, 0.25) is 0 Å². The Hall–Kier alpha value is -1.75. The fourth-order valence-electron chi connectivity index (χ4n) is 1.98. The summed E-state index contributed by atoms with van der Waals surface area (Å²) in [6.45, 7) is 4.58. The van der Waals surface area contributed by atoms with Crippen molar-refractivity contribution in [1.82, 2.24) is 0 Å². The Morgan fingerprint density at radius 1 is 1.40 bits per heavy atom. The highest BCUT2D eigenvalue weighted by Gasteiger charge is 2.11. The van der Waals surface area contributed by atoms with E-state index in [1.165, 1.54) is 0 Å². The van der Waals surface area contributed by atoms with Crippen LogP contribution in [0.4, 0.5) is 0 Å². The molecule has 0 spiro atoms. The number of carbonyl (C=O) groups is 1.